The van der Waals surface area contributed by atoms with Gasteiger partial charge < -0.3 is 14.8 Å². The molecule has 0 unspecified atom stereocenters. The van der Waals surface area contributed by atoms with Crippen LogP contribution in [0.15, 0.2) is 18.2 Å². The number of hydrogen-bond donors (Lipinski definition) is 1. The predicted molar refractivity (Wildman–Crippen MR) is 97.5 cm³/mol. The van der Waals surface area contributed by atoms with Crippen molar-refractivity contribution >= 4 is 12.2 Å². The average molecular weight is 357 g/mol. The van der Waals surface area contributed by atoms with E-state index in [1.54, 1.807) is 18.2 Å². The topological polar surface area (TPSA) is 64.6 Å². The first kappa shape index (κ1) is 17.4. The summed E-state index contributed by atoms with van der Waals surface area (Å²) in [5.74, 6) is 3.32. The van der Waals surface area contributed by atoms with E-state index in [2.05, 4.69) is 5.32 Å². The number of aldehydes is 1. The van der Waals surface area contributed by atoms with Crippen LogP contribution in [0.5, 0.6) is 11.5 Å². The van der Waals surface area contributed by atoms with Crippen molar-refractivity contribution in [2.24, 2.45) is 17.8 Å². The molecule has 26 heavy (non-hydrogen) atoms. The number of ether oxygens (including phenoxy) is 2. The molecule has 0 aromatic heterocycles. The second-order valence-corrected chi connectivity index (χ2v) is 8.29. The minimum atomic E-state index is -0.0612. The number of benzene rings is 1. The summed E-state index contributed by atoms with van der Waals surface area (Å²) in [4.78, 5) is 23.5. The van der Waals surface area contributed by atoms with Crippen molar-refractivity contribution in [2.45, 2.75) is 51.0 Å². The smallest absolute Gasteiger partial charge is 0.258 e. The van der Waals surface area contributed by atoms with E-state index >= 15 is 0 Å². The molecule has 0 saturated heterocycles. The Morgan fingerprint density at radius 2 is 1.77 bits per heavy atom. The van der Waals surface area contributed by atoms with Crippen LogP contribution in [-0.2, 0) is 4.79 Å². The molecule has 4 aliphatic rings. The minimum absolute atomic E-state index is 0.000678. The predicted octanol–water partition coefficient (Wildman–Crippen LogP) is 3.36. The maximum Gasteiger partial charge on any atom is 0.258 e. The highest BCUT2D eigenvalue weighted by Crippen LogP contribution is 2.55. The molecule has 0 heterocycles. The second-order valence-electron chi connectivity index (χ2n) is 8.29. The lowest BCUT2D eigenvalue weighted by molar-refractivity contribution is -0.128. The molecule has 0 radical (unpaired) electrons. The number of carbonyl (C=O) groups excluding carboxylic acids is 2. The van der Waals surface area contributed by atoms with E-state index in [4.69, 9.17) is 9.47 Å². The molecule has 0 aliphatic heterocycles. The van der Waals surface area contributed by atoms with Gasteiger partial charge in [0.05, 0.1) is 6.61 Å². The first-order valence-corrected chi connectivity index (χ1v) is 9.75. The Morgan fingerprint density at radius 3 is 2.35 bits per heavy atom. The van der Waals surface area contributed by atoms with Gasteiger partial charge in [0, 0.05) is 11.1 Å². The third-order valence-corrected chi connectivity index (χ3v) is 6.21. The van der Waals surface area contributed by atoms with Crippen molar-refractivity contribution in [3.05, 3.63) is 23.8 Å². The van der Waals surface area contributed by atoms with Crippen molar-refractivity contribution in [3.8, 4) is 11.5 Å². The Bertz CT molecular complexity index is 664. The van der Waals surface area contributed by atoms with Crippen LogP contribution in [0, 0.1) is 17.8 Å². The molecular weight excluding hydrogens is 330 g/mol. The number of amides is 1. The largest absolute Gasteiger partial charge is 0.490 e. The quantitative estimate of drug-likeness (QED) is 0.760. The molecule has 1 N–H and O–H groups in total. The highest BCUT2D eigenvalue weighted by atomic mass is 16.5. The van der Waals surface area contributed by atoms with Crippen LogP contribution < -0.4 is 14.8 Å². The third-order valence-electron chi connectivity index (χ3n) is 6.21. The van der Waals surface area contributed by atoms with Crippen LogP contribution in [0.2, 0.25) is 0 Å². The number of carbonyl (C=O) groups is 2. The Morgan fingerprint density at radius 1 is 1.12 bits per heavy atom. The van der Waals surface area contributed by atoms with Gasteiger partial charge in [0.25, 0.3) is 5.91 Å². The summed E-state index contributed by atoms with van der Waals surface area (Å²) in [6, 6.07) is 5.00. The van der Waals surface area contributed by atoms with Crippen LogP contribution >= 0.6 is 0 Å². The molecule has 4 aliphatic carbocycles. The van der Waals surface area contributed by atoms with Gasteiger partial charge in [0.1, 0.15) is 6.29 Å². The van der Waals surface area contributed by atoms with E-state index in [0.717, 1.165) is 43.3 Å². The third kappa shape index (κ3) is 3.44. The minimum Gasteiger partial charge on any atom is -0.490 e. The molecule has 0 atom stereocenters. The second kappa shape index (κ2) is 6.93. The molecule has 4 bridgehead atoms. The zero-order chi connectivity index (χ0) is 18.1. The lowest BCUT2D eigenvalue weighted by atomic mass is 9.53. The molecule has 140 valence electrons. The molecule has 1 aromatic carbocycles. The normalized spacial score (nSPS) is 31.5. The Hall–Kier alpha value is -2.04. The lowest BCUT2D eigenvalue weighted by Gasteiger charge is -2.56. The molecule has 5 nitrogen and oxygen atoms in total. The standard InChI is InChI=1S/C21H27NO4/c1-2-25-19-8-14(12-23)3-4-18(19)26-13-20(24)22-21-9-15-5-16(10-21)7-17(6-15)11-21/h3-4,8,12,15-17H,2,5-7,9-11,13H2,1H3,(H,22,24). The van der Waals surface area contributed by atoms with Gasteiger partial charge in [-0.1, -0.05) is 0 Å². The van der Waals surface area contributed by atoms with Crippen molar-refractivity contribution in [3.63, 3.8) is 0 Å². The highest BCUT2D eigenvalue weighted by molar-refractivity contribution is 5.79. The van der Waals surface area contributed by atoms with Gasteiger partial charge in [-0.15, -0.1) is 0 Å². The van der Waals surface area contributed by atoms with E-state index in [1.807, 2.05) is 6.92 Å². The van der Waals surface area contributed by atoms with Gasteiger partial charge >= 0.3 is 0 Å². The zero-order valence-electron chi connectivity index (χ0n) is 15.3. The number of rotatable bonds is 7. The number of nitrogens with one attached hydrogen (secondary N) is 1. The summed E-state index contributed by atoms with van der Waals surface area (Å²) in [7, 11) is 0. The Labute approximate surface area is 154 Å². The monoisotopic (exact) mass is 357 g/mol. The number of hydrogen-bond acceptors (Lipinski definition) is 4. The van der Waals surface area contributed by atoms with Gasteiger partial charge in [-0.2, -0.15) is 0 Å². The fraction of sp³-hybridized carbons (Fsp3) is 0.619. The van der Waals surface area contributed by atoms with Crippen LogP contribution in [0.25, 0.3) is 0 Å². The maximum absolute atomic E-state index is 12.6. The highest BCUT2D eigenvalue weighted by Gasteiger charge is 2.51. The summed E-state index contributed by atoms with van der Waals surface area (Å²) in [5.41, 5.74) is 0.526. The molecular formula is C21H27NO4. The summed E-state index contributed by atoms with van der Waals surface area (Å²) in [6.45, 7) is 2.32. The summed E-state index contributed by atoms with van der Waals surface area (Å²) >= 11 is 0. The fourth-order valence-electron chi connectivity index (χ4n) is 5.72. The molecule has 1 aromatic rings. The van der Waals surface area contributed by atoms with E-state index in [9.17, 15) is 9.59 Å². The van der Waals surface area contributed by atoms with Gasteiger partial charge in [0.2, 0.25) is 0 Å². The van der Waals surface area contributed by atoms with Crippen LogP contribution in [0.1, 0.15) is 55.8 Å². The van der Waals surface area contributed by atoms with Gasteiger partial charge in [-0.25, -0.2) is 0 Å². The van der Waals surface area contributed by atoms with E-state index in [1.165, 1.54) is 19.3 Å². The molecule has 5 rings (SSSR count). The van der Waals surface area contributed by atoms with E-state index in [0.29, 0.717) is 23.7 Å². The van der Waals surface area contributed by atoms with Crippen LogP contribution in [0.4, 0.5) is 0 Å². The lowest BCUT2D eigenvalue weighted by Crippen LogP contribution is -2.60. The van der Waals surface area contributed by atoms with Crippen molar-refractivity contribution in [1.82, 2.24) is 5.32 Å². The van der Waals surface area contributed by atoms with Gasteiger partial charge in [-0.05, 0) is 81.4 Å². The van der Waals surface area contributed by atoms with E-state index < -0.39 is 0 Å². The first-order valence-electron chi connectivity index (χ1n) is 9.75. The van der Waals surface area contributed by atoms with Gasteiger partial charge in [-0.3, -0.25) is 9.59 Å². The first-order chi connectivity index (χ1) is 12.6. The van der Waals surface area contributed by atoms with Crippen LogP contribution in [0.3, 0.4) is 0 Å². The maximum atomic E-state index is 12.6. The van der Waals surface area contributed by atoms with Crippen molar-refractivity contribution in [2.75, 3.05) is 13.2 Å². The zero-order valence-corrected chi connectivity index (χ0v) is 15.3. The van der Waals surface area contributed by atoms with Crippen LogP contribution in [-0.4, -0.2) is 30.9 Å². The van der Waals surface area contributed by atoms with E-state index in [-0.39, 0.29) is 18.1 Å². The fourth-order valence-corrected chi connectivity index (χ4v) is 5.72. The molecule has 5 heteroatoms. The summed E-state index contributed by atoms with van der Waals surface area (Å²) in [5, 5.41) is 3.31. The summed E-state index contributed by atoms with van der Waals surface area (Å²) < 4.78 is 11.2. The molecule has 4 fully saturated rings. The van der Waals surface area contributed by atoms with Crippen molar-refractivity contribution in [1.29, 1.82) is 0 Å². The Kier molecular flexibility index (Phi) is 4.63. The van der Waals surface area contributed by atoms with Crippen molar-refractivity contribution < 1.29 is 19.1 Å². The summed E-state index contributed by atoms with van der Waals surface area (Å²) in [6.07, 6.45) is 8.21. The molecule has 4 saturated carbocycles. The molecule has 1 amide bonds. The average Bonchev–Trinajstić information content (AvgIpc) is 2.59. The SMILES string of the molecule is CCOc1cc(C=O)ccc1OCC(=O)NC12CC3CC(CC(C3)C1)C2. The Balaban J connectivity index is 1.38. The van der Waals surface area contributed by atoms with Gasteiger partial charge in [0.15, 0.2) is 18.1 Å². The molecule has 0 spiro atoms.